The minimum absolute atomic E-state index is 0.0737. The van der Waals surface area contributed by atoms with E-state index in [0.29, 0.717) is 23.5 Å². The lowest BCUT2D eigenvalue weighted by Gasteiger charge is -2.09. The summed E-state index contributed by atoms with van der Waals surface area (Å²) in [6, 6.07) is 14.0. The number of ether oxygens (including phenoxy) is 1. The second-order valence-electron chi connectivity index (χ2n) is 7.27. The molecule has 0 aliphatic rings. The molecule has 0 atom stereocenters. The maximum atomic E-state index is 12.3. The van der Waals surface area contributed by atoms with Crippen LogP contribution >= 0.6 is 34.4 Å². The Hall–Kier alpha value is -2.07. The Kier molecular flexibility index (Phi) is 7.76. The molecule has 0 saturated heterocycles. The third-order valence-corrected chi connectivity index (χ3v) is 6.33. The lowest BCUT2D eigenvalue weighted by molar-refractivity contribution is -0.113. The van der Waals surface area contributed by atoms with E-state index in [0.717, 1.165) is 20.6 Å². The fourth-order valence-electron chi connectivity index (χ4n) is 2.78. The van der Waals surface area contributed by atoms with Gasteiger partial charge in [-0.05, 0) is 76.9 Å². The fraction of sp³-hybridized carbons (Fsp3) is 0.318. The molecule has 158 valence electrons. The number of thioether (sulfide) groups is 1. The number of halogens is 1. The van der Waals surface area contributed by atoms with Crippen molar-refractivity contribution < 1.29 is 9.53 Å². The molecule has 30 heavy (non-hydrogen) atoms. The Morgan fingerprint density at radius 2 is 1.93 bits per heavy atom. The van der Waals surface area contributed by atoms with Gasteiger partial charge in [-0.1, -0.05) is 37.7 Å². The van der Waals surface area contributed by atoms with Gasteiger partial charge < -0.3 is 14.6 Å². The third kappa shape index (κ3) is 5.98. The first-order valence-electron chi connectivity index (χ1n) is 9.63. The van der Waals surface area contributed by atoms with Crippen molar-refractivity contribution in [1.29, 1.82) is 0 Å². The molecular formula is C22H25IN4O2S. The predicted molar refractivity (Wildman–Crippen MR) is 129 cm³/mol. The van der Waals surface area contributed by atoms with Gasteiger partial charge in [0.05, 0.1) is 5.75 Å². The average molecular weight is 536 g/mol. The van der Waals surface area contributed by atoms with Crippen molar-refractivity contribution in [2.24, 2.45) is 7.05 Å². The van der Waals surface area contributed by atoms with E-state index in [4.69, 9.17) is 4.74 Å². The highest BCUT2D eigenvalue weighted by Crippen LogP contribution is 2.21. The third-order valence-electron chi connectivity index (χ3n) is 4.63. The minimum Gasteiger partial charge on any atom is -0.486 e. The van der Waals surface area contributed by atoms with Crippen LogP contribution in [0.25, 0.3) is 0 Å². The van der Waals surface area contributed by atoms with Crippen LogP contribution in [0.3, 0.4) is 0 Å². The zero-order valence-corrected chi connectivity index (χ0v) is 20.5. The molecule has 1 heterocycles. The highest BCUT2D eigenvalue weighted by Gasteiger charge is 2.13. The van der Waals surface area contributed by atoms with Crippen LogP contribution in [0.15, 0.2) is 47.6 Å². The second kappa shape index (κ2) is 10.3. The molecule has 1 N–H and O–H groups in total. The zero-order chi connectivity index (χ0) is 21.7. The van der Waals surface area contributed by atoms with Crippen molar-refractivity contribution in [3.05, 3.63) is 63.0 Å². The number of rotatable bonds is 8. The van der Waals surface area contributed by atoms with Crippen LogP contribution in [-0.2, 0) is 18.4 Å². The maximum Gasteiger partial charge on any atom is 0.234 e. The van der Waals surface area contributed by atoms with E-state index in [2.05, 4.69) is 64.1 Å². The highest BCUT2D eigenvalue weighted by molar-refractivity contribution is 14.1. The molecule has 3 rings (SSSR count). The van der Waals surface area contributed by atoms with Crippen LogP contribution in [0, 0.1) is 10.5 Å². The summed E-state index contributed by atoms with van der Waals surface area (Å²) in [6.45, 7) is 6.63. The number of nitrogens with zero attached hydrogens (tertiary/aromatic N) is 3. The van der Waals surface area contributed by atoms with Gasteiger partial charge in [-0.3, -0.25) is 4.79 Å². The van der Waals surface area contributed by atoms with E-state index < -0.39 is 0 Å². The molecule has 0 aliphatic heterocycles. The van der Waals surface area contributed by atoms with E-state index in [1.54, 1.807) is 0 Å². The topological polar surface area (TPSA) is 69.0 Å². The maximum absolute atomic E-state index is 12.3. The van der Waals surface area contributed by atoms with Gasteiger partial charge in [-0.2, -0.15) is 0 Å². The molecule has 8 heteroatoms. The molecule has 0 saturated carbocycles. The number of aryl methyl sites for hydroxylation is 1. The molecule has 0 bridgehead atoms. The molecule has 0 unspecified atom stereocenters. The molecule has 0 fully saturated rings. The SMILES string of the molecule is Cc1cc(I)ccc1NC(=O)CSc1nnc(COc2ccc(C(C)C)cc2)n1C. The van der Waals surface area contributed by atoms with Gasteiger partial charge in [0.25, 0.3) is 0 Å². The number of nitrogens with one attached hydrogen (secondary N) is 1. The van der Waals surface area contributed by atoms with E-state index >= 15 is 0 Å². The molecule has 1 aromatic heterocycles. The second-order valence-corrected chi connectivity index (χ2v) is 9.45. The van der Waals surface area contributed by atoms with Gasteiger partial charge in [-0.15, -0.1) is 10.2 Å². The summed E-state index contributed by atoms with van der Waals surface area (Å²) in [7, 11) is 1.88. The van der Waals surface area contributed by atoms with Gasteiger partial charge in [0.2, 0.25) is 5.91 Å². The van der Waals surface area contributed by atoms with Gasteiger partial charge in [0.1, 0.15) is 12.4 Å². The van der Waals surface area contributed by atoms with Crippen LogP contribution < -0.4 is 10.1 Å². The standard InChI is InChI=1S/C22H25IN4O2S/c1-14(2)16-5-8-18(9-6-16)29-12-20-25-26-22(27(20)4)30-13-21(28)24-19-10-7-17(23)11-15(19)3/h5-11,14H,12-13H2,1-4H3,(H,24,28). The summed E-state index contributed by atoms with van der Waals surface area (Å²) in [5.74, 6) is 2.18. The van der Waals surface area contributed by atoms with Crippen molar-refractivity contribution in [3.8, 4) is 5.75 Å². The number of anilines is 1. The van der Waals surface area contributed by atoms with Gasteiger partial charge in [0.15, 0.2) is 11.0 Å². The van der Waals surface area contributed by atoms with Crippen molar-refractivity contribution >= 4 is 45.9 Å². The Balaban J connectivity index is 1.52. The largest absolute Gasteiger partial charge is 0.486 e. The van der Waals surface area contributed by atoms with E-state index in [1.807, 2.05) is 48.9 Å². The van der Waals surface area contributed by atoms with E-state index in [-0.39, 0.29) is 11.7 Å². The molecule has 3 aromatic rings. The number of amides is 1. The smallest absolute Gasteiger partial charge is 0.234 e. The first kappa shape index (κ1) is 22.6. The van der Waals surface area contributed by atoms with Gasteiger partial charge in [0, 0.05) is 16.3 Å². The summed E-state index contributed by atoms with van der Waals surface area (Å²) in [4.78, 5) is 12.3. The van der Waals surface area contributed by atoms with Gasteiger partial charge >= 0.3 is 0 Å². The zero-order valence-electron chi connectivity index (χ0n) is 17.5. The first-order chi connectivity index (χ1) is 14.3. The van der Waals surface area contributed by atoms with Crippen molar-refractivity contribution in [3.63, 3.8) is 0 Å². The normalized spacial score (nSPS) is 11.0. The van der Waals surface area contributed by atoms with Crippen LogP contribution in [0.4, 0.5) is 5.69 Å². The summed E-state index contributed by atoms with van der Waals surface area (Å²) >= 11 is 3.61. The summed E-state index contributed by atoms with van der Waals surface area (Å²) < 4.78 is 8.83. The van der Waals surface area contributed by atoms with Crippen LogP contribution in [0.5, 0.6) is 5.75 Å². The molecule has 0 aliphatic carbocycles. The average Bonchev–Trinajstić information content (AvgIpc) is 3.07. The van der Waals surface area contributed by atoms with Crippen molar-refractivity contribution in [2.75, 3.05) is 11.1 Å². The Labute approximate surface area is 195 Å². The quantitative estimate of drug-likeness (QED) is 0.318. The lowest BCUT2D eigenvalue weighted by atomic mass is 10.0. The Bertz CT molecular complexity index is 1020. The number of benzene rings is 2. The number of hydrogen-bond donors (Lipinski definition) is 1. The van der Waals surface area contributed by atoms with Crippen molar-refractivity contribution in [1.82, 2.24) is 14.8 Å². The lowest BCUT2D eigenvalue weighted by Crippen LogP contribution is -2.15. The Morgan fingerprint density at radius 3 is 2.60 bits per heavy atom. The summed E-state index contributed by atoms with van der Waals surface area (Å²) in [5.41, 5.74) is 3.15. The minimum atomic E-state index is -0.0737. The van der Waals surface area contributed by atoms with Crippen LogP contribution in [0.2, 0.25) is 0 Å². The first-order valence-corrected chi connectivity index (χ1v) is 11.7. The Morgan fingerprint density at radius 1 is 1.20 bits per heavy atom. The molecule has 0 spiro atoms. The monoisotopic (exact) mass is 536 g/mol. The fourth-order valence-corrected chi connectivity index (χ4v) is 4.15. The molecule has 0 radical (unpaired) electrons. The van der Waals surface area contributed by atoms with E-state index in [1.165, 1.54) is 17.3 Å². The molecule has 1 amide bonds. The molecule has 6 nitrogen and oxygen atoms in total. The predicted octanol–water partition coefficient (Wildman–Crippen LogP) is 5.16. The summed E-state index contributed by atoms with van der Waals surface area (Å²) in [6.07, 6.45) is 0. The van der Waals surface area contributed by atoms with Crippen molar-refractivity contribution in [2.45, 2.75) is 38.5 Å². The summed E-state index contributed by atoms with van der Waals surface area (Å²) in [5, 5.41) is 12.0. The van der Waals surface area contributed by atoms with Crippen LogP contribution in [-0.4, -0.2) is 26.4 Å². The van der Waals surface area contributed by atoms with E-state index in [9.17, 15) is 4.79 Å². The van der Waals surface area contributed by atoms with Crippen LogP contribution in [0.1, 0.15) is 36.7 Å². The number of carbonyl (C=O) groups excluding carboxylic acids is 1. The van der Waals surface area contributed by atoms with Gasteiger partial charge in [-0.25, -0.2) is 0 Å². The molecule has 2 aromatic carbocycles. The number of carbonyl (C=O) groups is 1. The highest BCUT2D eigenvalue weighted by atomic mass is 127. The number of hydrogen-bond acceptors (Lipinski definition) is 5. The molecular weight excluding hydrogens is 511 g/mol. The number of aromatic nitrogens is 3.